The molecule has 1 heterocycles. The molecule has 3 aromatic rings. The molecule has 0 N–H and O–H groups in total. The first-order chi connectivity index (χ1) is 17.5. The van der Waals surface area contributed by atoms with Crippen LogP contribution in [0.5, 0.6) is 11.5 Å². The summed E-state index contributed by atoms with van der Waals surface area (Å²) in [4.78, 5) is 31.1. The van der Waals surface area contributed by atoms with Crippen molar-refractivity contribution in [1.82, 2.24) is 10.1 Å². The summed E-state index contributed by atoms with van der Waals surface area (Å²) in [5.74, 6) is 0.844. The van der Waals surface area contributed by atoms with Crippen molar-refractivity contribution >= 4 is 17.6 Å². The first-order valence-corrected chi connectivity index (χ1v) is 12.1. The van der Waals surface area contributed by atoms with Crippen molar-refractivity contribution < 1.29 is 28.3 Å². The van der Waals surface area contributed by atoms with Crippen LogP contribution in [0.4, 0.5) is 5.69 Å². The standard InChI is InChI=1S/C27H31N3O6/c1-18-28-27(29-36-18)22-14-24(33-3)25(35-16-20-10-6-4-7-11-20)15-23(22)30(21-12-8-5-9-13-21)26(32)17-34-19(2)31/h4,6-7,10-11,14-15,21H,5,8-9,12-13,16-17H2,1-3H3. The van der Waals surface area contributed by atoms with Gasteiger partial charge in [-0.3, -0.25) is 9.59 Å². The highest BCUT2D eigenvalue weighted by Crippen LogP contribution is 2.42. The highest BCUT2D eigenvalue weighted by atomic mass is 16.5. The van der Waals surface area contributed by atoms with Crippen molar-refractivity contribution in [1.29, 1.82) is 0 Å². The van der Waals surface area contributed by atoms with Crippen LogP contribution in [-0.4, -0.2) is 41.8 Å². The third-order valence-corrected chi connectivity index (χ3v) is 6.15. The fourth-order valence-corrected chi connectivity index (χ4v) is 4.45. The van der Waals surface area contributed by atoms with Gasteiger partial charge in [-0.15, -0.1) is 0 Å². The van der Waals surface area contributed by atoms with Gasteiger partial charge in [0, 0.05) is 26.0 Å². The van der Waals surface area contributed by atoms with Crippen molar-refractivity contribution in [2.45, 2.75) is 58.6 Å². The van der Waals surface area contributed by atoms with Gasteiger partial charge in [0.05, 0.1) is 18.4 Å². The van der Waals surface area contributed by atoms with E-state index in [2.05, 4.69) is 10.1 Å². The van der Waals surface area contributed by atoms with Crippen LogP contribution in [0.1, 0.15) is 50.5 Å². The molecule has 9 nitrogen and oxygen atoms in total. The van der Waals surface area contributed by atoms with Crippen molar-refractivity contribution in [3.05, 3.63) is 53.9 Å². The Morgan fingerprint density at radius 1 is 1.08 bits per heavy atom. The molecule has 190 valence electrons. The van der Waals surface area contributed by atoms with Crippen LogP contribution in [0.3, 0.4) is 0 Å². The van der Waals surface area contributed by atoms with E-state index in [0.717, 1.165) is 37.7 Å². The Kier molecular flexibility index (Phi) is 8.20. The molecule has 0 radical (unpaired) electrons. The Balaban J connectivity index is 1.80. The molecule has 1 aromatic heterocycles. The number of carbonyl (C=O) groups is 2. The van der Waals surface area contributed by atoms with Gasteiger partial charge in [-0.1, -0.05) is 54.8 Å². The predicted octanol–water partition coefficient (Wildman–Crippen LogP) is 4.86. The maximum atomic E-state index is 13.5. The maximum absolute atomic E-state index is 13.5. The van der Waals surface area contributed by atoms with Gasteiger partial charge in [0.2, 0.25) is 11.7 Å². The lowest BCUT2D eigenvalue weighted by Crippen LogP contribution is -2.44. The van der Waals surface area contributed by atoms with Crippen molar-refractivity contribution in [2.75, 3.05) is 18.6 Å². The Hall–Kier alpha value is -3.88. The summed E-state index contributed by atoms with van der Waals surface area (Å²) in [5, 5.41) is 4.10. The quantitative estimate of drug-likeness (QED) is 0.389. The zero-order valence-corrected chi connectivity index (χ0v) is 20.9. The zero-order valence-electron chi connectivity index (χ0n) is 20.9. The number of benzene rings is 2. The monoisotopic (exact) mass is 493 g/mol. The van der Waals surface area contributed by atoms with Crippen molar-refractivity contribution in [3.63, 3.8) is 0 Å². The van der Waals surface area contributed by atoms with Crippen LogP contribution in [0.15, 0.2) is 47.0 Å². The van der Waals surface area contributed by atoms with Crippen LogP contribution < -0.4 is 14.4 Å². The topological polar surface area (TPSA) is 104 Å². The molecule has 9 heteroatoms. The third kappa shape index (κ3) is 6.02. The second-order valence-corrected chi connectivity index (χ2v) is 8.77. The van der Waals surface area contributed by atoms with Gasteiger partial charge >= 0.3 is 5.97 Å². The molecular formula is C27H31N3O6. The summed E-state index contributed by atoms with van der Waals surface area (Å²) in [5.41, 5.74) is 2.12. The molecular weight excluding hydrogens is 462 g/mol. The van der Waals surface area contributed by atoms with Crippen molar-refractivity contribution in [2.24, 2.45) is 0 Å². The number of methoxy groups -OCH3 is 1. The van der Waals surface area contributed by atoms with E-state index in [1.165, 1.54) is 6.92 Å². The van der Waals surface area contributed by atoms with Crippen LogP contribution in [0.25, 0.3) is 11.4 Å². The van der Waals surface area contributed by atoms with Crippen LogP contribution >= 0.6 is 0 Å². The first-order valence-electron chi connectivity index (χ1n) is 12.1. The Morgan fingerprint density at radius 2 is 1.83 bits per heavy atom. The minimum atomic E-state index is -0.512. The number of aromatic nitrogens is 2. The number of rotatable bonds is 9. The summed E-state index contributed by atoms with van der Waals surface area (Å²) >= 11 is 0. The van der Waals surface area contributed by atoms with Gasteiger partial charge in [-0.05, 0) is 24.5 Å². The number of ether oxygens (including phenoxy) is 3. The molecule has 0 spiro atoms. The molecule has 1 amide bonds. The Bertz CT molecular complexity index is 1190. The molecule has 0 saturated heterocycles. The van der Waals surface area contributed by atoms with Crippen molar-refractivity contribution in [3.8, 4) is 22.9 Å². The van der Waals surface area contributed by atoms with Gasteiger partial charge in [-0.2, -0.15) is 4.98 Å². The summed E-state index contributed by atoms with van der Waals surface area (Å²) in [6, 6.07) is 13.3. The molecule has 36 heavy (non-hydrogen) atoms. The molecule has 0 unspecified atom stereocenters. The molecule has 1 aliphatic carbocycles. The Labute approximate surface area is 210 Å². The second kappa shape index (κ2) is 11.7. The number of hydrogen-bond acceptors (Lipinski definition) is 8. The van der Waals surface area contributed by atoms with Gasteiger partial charge in [0.25, 0.3) is 5.91 Å². The highest BCUT2D eigenvalue weighted by molar-refractivity contribution is 5.99. The summed E-state index contributed by atoms with van der Waals surface area (Å²) in [6.45, 7) is 2.95. The molecule has 1 fully saturated rings. The van der Waals surface area contributed by atoms with Gasteiger partial charge in [0.1, 0.15) is 6.61 Å². The van der Waals surface area contributed by atoms with E-state index >= 15 is 0 Å². The molecule has 2 aromatic carbocycles. The molecule has 0 atom stereocenters. The largest absolute Gasteiger partial charge is 0.493 e. The number of esters is 1. The van der Waals surface area contributed by atoms with Gasteiger partial charge in [-0.25, -0.2) is 0 Å². The molecule has 0 aliphatic heterocycles. The maximum Gasteiger partial charge on any atom is 0.303 e. The van der Waals surface area contributed by atoms with E-state index in [9.17, 15) is 9.59 Å². The predicted molar refractivity (Wildman–Crippen MR) is 133 cm³/mol. The van der Waals surface area contributed by atoms with Crippen LogP contribution in [-0.2, 0) is 20.9 Å². The molecule has 1 aliphatic rings. The van der Waals surface area contributed by atoms with E-state index < -0.39 is 5.97 Å². The summed E-state index contributed by atoms with van der Waals surface area (Å²) in [7, 11) is 1.56. The average molecular weight is 494 g/mol. The van der Waals surface area contributed by atoms with Gasteiger partial charge in [0.15, 0.2) is 18.1 Å². The fraction of sp³-hybridized carbons (Fsp3) is 0.407. The van der Waals surface area contributed by atoms with E-state index in [-0.39, 0.29) is 18.6 Å². The number of hydrogen-bond donors (Lipinski definition) is 0. The number of anilines is 1. The third-order valence-electron chi connectivity index (χ3n) is 6.15. The Morgan fingerprint density at radius 3 is 2.47 bits per heavy atom. The first kappa shape index (κ1) is 25.2. The van der Waals surface area contributed by atoms with E-state index in [4.69, 9.17) is 18.7 Å². The summed E-state index contributed by atoms with van der Waals surface area (Å²) in [6.07, 6.45) is 4.80. The number of nitrogens with zero attached hydrogens (tertiary/aromatic N) is 3. The molecule has 4 rings (SSSR count). The number of carbonyl (C=O) groups excluding carboxylic acids is 2. The number of aryl methyl sites for hydroxylation is 1. The zero-order chi connectivity index (χ0) is 25.5. The van der Waals surface area contributed by atoms with Crippen LogP contribution in [0, 0.1) is 6.92 Å². The lowest BCUT2D eigenvalue weighted by molar-refractivity contribution is -0.145. The summed E-state index contributed by atoms with van der Waals surface area (Å²) < 4.78 is 22.1. The van der Waals surface area contributed by atoms with E-state index in [0.29, 0.717) is 41.1 Å². The normalized spacial score (nSPS) is 13.8. The SMILES string of the molecule is COc1cc(-c2noc(C)n2)c(N(C(=O)COC(C)=O)C2CCCCC2)cc1OCc1ccccc1. The van der Waals surface area contributed by atoms with Crippen LogP contribution in [0.2, 0.25) is 0 Å². The average Bonchev–Trinajstić information content (AvgIpc) is 3.33. The minimum Gasteiger partial charge on any atom is -0.493 e. The fourth-order valence-electron chi connectivity index (χ4n) is 4.45. The van der Waals surface area contributed by atoms with E-state index in [1.807, 2.05) is 30.3 Å². The van der Waals surface area contributed by atoms with E-state index in [1.54, 1.807) is 31.1 Å². The highest BCUT2D eigenvalue weighted by Gasteiger charge is 2.31. The number of amides is 1. The molecule has 1 saturated carbocycles. The smallest absolute Gasteiger partial charge is 0.303 e. The lowest BCUT2D eigenvalue weighted by atomic mass is 9.93. The second-order valence-electron chi connectivity index (χ2n) is 8.77. The van der Waals surface area contributed by atoms with Gasteiger partial charge < -0.3 is 23.6 Å². The lowest BCUT2D eigenvalue weighted by Gasteiger charge is -2.35. The molecule has 0 bridgehead atoms. The minimum absolute atomic E-state index is 0.0658.